The van der Waals surface area contributed by atoms with E-state index in [1.165, 1.54) is 26.1 Å². The lowest BCUT2D eigenvalue weighted by Crippen LogP contribution is -2.36. The molecule has 6 rings (SSSR count). The number of nitrogen functional groups attached to an aromatic ring is 1. The Labute approximate surface area is 281 Å². The van der Waals surface area contributed by atoms with E-state index >= 15 is 0 Å². The van der Waals surface area contributed by atoms with Crippen LogP contribution in [-0.2, 0) is 53.1 Å². The van der Waals surface area contributed by atoms with Crippen molar-refractivity contribution in [1.82, 2.24) is 9.55 Å². The molecule has 49 heavy (non-hydrogen) atoms. The van der Waals surface area contributed by atoms with Gasteiger partial charge in [0.15, 0.2) is 0 Å². The summed E-state index contributed by atoms with van der Waals surface area (Å²) in [6.45, 7) is 3.82. The molecule has 0 bridgehead atoms. The van der Waals surface area contributed by atoms with Crippen LogP contribution in [0.4, 0.5) is 5.69 Å². The summed E-state index contributed by atoms with van der Waals surface area (Å²) in [5.74, 6) is -4.23. The standard InChI is InChI=1S/C35H33N5O8S/c1-5-46-29(42)19-40(49(44,45)28-10-6-8-21-9-7-15-38-32(21)28)24-12-14-27-23(17-24)18-25(39(27)4)16-22-11-13-26(33(36)37)30-31(22)35(3,47-20(2)41)48-34(30)43/h6-15,17-18H,5,16,19H2,1-4H3,(H3,36,37). The molecule has 0 radical (unpaired) electrons. The summed E-state index contributed by atoms with van der Waals surface area (Å²) in [7, 11) is -2.48. The van der Waals surface area contributed by atoms with Crippen molar-refractivity contribution < 1.29 is 37.0 Å². The van der Waals surface area contributed by atoms with E-state index in [0.717, 1.165) is 15.5 Å². The molecule has 13 nitrogen and oxygen atoms in total. The van der Waals surface area contributed by atoms with Gasteiger partial charge < -0.3 is 24.5 Å². The molecular formula is C35H33N5O8S. The number of hydrogen-bond acceptors (Lipinski definition) is 10. The highest BCUT2D eigenvalue weighted by atomic mass is 32.2. The molecule has 0 saturated heterocycles. The SMILES string of the molecule is CCOC(=O)CN(c1ccc2c(c1)cc(Cc1ccc(C(=N)N)c3c1C(C)(OC(C)=O)OC3=O)n2C)S(=O)(=O)c1cccc2cccnc12. The van der Waals surface area contributed by atoms with Crippen molar-refractivity contribution in [3.63, 3.8) is 0 Å². The Bertz CT molecular complexity index is 2310. The van der Waals surface area contributed by atoms with Crippen LogP contribution in [0, 0.1) is 5.41 Å². The smallest absolute Gasteiger partial charge is 0.343 e. The summed E-state index contributed by atoms with van der Waals surface area (Å²) in [5, 5.41) is 9.30. The Morgan fingerprint density at radius 1 is 1.08 bits per heavy atom. The number of pyridine rings is 1. The number of ether oxygens (including phenoxy) is 3. The number of benzene rings is 3. The molecule has 1 aliphatic heterocycles. The maximum Gasteiger partial charge on any atom is 0.343 e. The number of nitrogens with one attached hydrogen (secondary N) is 1. The Balaban J connectivity index is 1.45. The fraction of sp³-hybridized carbons (Fsp3) is 0.229. The normalized spacial score (nSPS) is 15.6. The number of cyclic esters (lactones) is 1. The molecule has 3 aromatic carbocycles. The molecule has 1 atom stereocenters. The number of aryl methyl sites for hydroxylation is 1. The second-order valence-corrected chi connectivity index (χ2v) is 13.5. The largest absolute Gasteiger partial charge is 0.465 e. The lowest BCUT2D eigenvalue weighted by Gasteiger charge is -2.25. The molecular weight excluding hydrogens is 650 g/mol. The number of nitrogens with two attached hydrogens (primary N) is 1. The zero-order valence-corrected chi connectivity index (χ0v) is 28.0. The number of amidine groups is 1. The van der Waals surface area contributed by atoms with Crippen LogP contribution in [0.5, 0.6) is 0 Å². The molecule has 0 amide bonds. The molecule has 1 unspecified atom stereocenters. The van der Waals surface area contributed by atoms with Gasteiger partial charge in [-0.2, -0.15) is 0 Å². The van der Waals surface area contributed by atoms with Crippen molar-refractivity contribution in [3.8, 4) is 0 Å². The van der Waals surface area contributed by atoms with Crippen molar-refractivity contribution >= 4 is 61.3 Å². The molecule has 252 valence electrons. The van der Waals surface area contributed by atoms with Crippen LogP contribution in [0.3, 0.4) is 0 Å². The number of carbonyl (C=O) groups excluding carboxylic acids is 3. The average molecular weight is 684 g/mol. The van der Waals surface area contributed by atoms with Crippen molar-refractivity contribution in [3.05, 3.63) is 101 Å². The maximum atomic E-state index is 14.3. The summed E-state index contributed by atoms with van der Waals surface area (Å²) in [5.41, 5.74) is 8.90. The zero-order chi connectivity index (χ0) is 35.2. The van der Waals surface area contributed by atoms with E-state index in [-0.39, 0.29) is 46.1 Å². The Morgan fingerprint density at radius 2 is 1.84 bits per heavy atom. The Hall–Kier alpha value is -5.76. The van der Waals surface area contributed by atoms with Gasteiger partial charge in [0, 0.05) is 61.1 Å². The van der Waals surface area contributed by atoms with Gasteiger partial charge in [0.2, 0.25) is 0 Å². The Kier molecular flexibility index (Phi) is 8.36. The van der Waals surface area contributed by atoms with Crippen molar-refractivity contribution in [1.29, 1.82) is 5.41 Å². The third-order valence-corrected chi connectivity index (χ3v) is 10.2. The highest BCUT2D eigenvalue weighted by molar-refractivity contribution is 7.93. The average Bonchev–Trinajstić information content (AvgIpc) is 3.50. The van der Waals surface area contributed by atoms with Crippen LogP contribution in [0.2, 0.25) is 0 Å². The van der Waals surface area contributed by atoms with Gasteiger partial charge in [-0.05, 0) is 48.9 Å². The Morgan fingerprint density at radius 3 is 2.55 bits per heavy atom. The van der Waals surface area contributed by atoms with Crippen LogP contribution in [0.1, 0.15) is 53.5 Å². The number of sulfonamides is 1. The number of fused-ring (bicyclic) bond motifs is 3. The number of para-hydroxylation sites is 1. The van der Waals surface area contributed by atoms with Gasteiger partial charge in [0.05, 0.1) is 28.9 Å². The van der Waals surface area contributed by atoms with Gasteiger partial charge in [-0.1, -0.05) is 30.3 Å². The first-order valence-electron chi connectivity index (χ1n) is 15.3. The molecule has 2 aromatic heterocycles. The number of carbonyl (C=O) groups is 3. The number of rotatable bonds is 10. The second kappa shape index (κ2) is 12.4. The molecule has 1 aliphatic rings. The highest BCUT2D eigenvalue weighted by Crippen LogP contribution is 2.42. The fourth-order valence-electron chi connectivity index (χ4n) is 6.33. The summed E-state index contributed by atoms with van der Waals surface area (Å²) in [6.07, 6.45) is 1.75. The first-order valence-corrected chi connectivity index (χ1v) is 16.7. The summed E-state index contributed by atoms with van der Waals surface area (Å²) in [6, 6.07) is 18.5. The van der Waals surface area contributed by atoms with Crippen LogP contribution in [-0.4, -0.2) is 54.9 Å². The van der Waals surface area contributed by atoms with Crippen LogP contribution in [0.15, 0.2) is 77.8 Å². The van der Waals surface area contributed by atoms with E-state index < -0.39 is 40.3 Å². The molecule has 5 aromatic rings. The topological polar surface area (TPSA) is 184 Å². The third-order valence-electron chi connectivity index (χ3n) is 8.39. The van der Waals surface area contributed by atoms with E-state index in [4.69, 9.17) is 25.4 Å². The van der Waals surface area contributed by atoms with Crippen molar-refractivity contribution in [2.75, 3.05) is 17.5 Å². The summed E-state index contributed by atoms with van der Waals surface area (Å²) >= 11 is 0. The van der Waals surface area contributed by atoms with Gasteiger partial charge in [-0.25, -0.2) is 13.2 Å². The minimum Gasteiger partial charge on any atom is -0.465 e. The zero-order valence-electron chi connectivity index (χ0n) is 27.1. The molecule has 0 aliphatic carbocycles. The van der Waals surface area contributed by atoms with Crippen molar-refractivity contribution in [2.45, 2.75) is 37.9 Å². The number of aromatic nitrogens is 2. The predicted octanol–water partition coefficient (Wildman–Crippen LogP) is 4.27. The molecule has 14 heteroatoms. The van der Waals surface area contributed by atoms with Crippen LogP contribution < -0.4 is 10.0 Å². The first-order chi connectivity index (χ1) is 23.2. The fourth-order valence-corrected chi connectivity index (χ4v) is 7.90. The lowest BCUT2D eigenvalue weighted by molar-refractivity contribution is -0.200. The van der Waals surface area contributed by atoms with E-state index in [9.17, 15) is 22.8 Å². The van der Waals surface area contributed by atoms with Gasteiger partial charge in [0.25, 0.3) is 15.8 Å². The molecule has 0 saturated carbocycles. The molecule has 3 N–H and O–H groups in total. The maximum absolute atomic E-state index is 14.3. The first kappa shape index (κ1) is 33.2. The minimum atomic E-state index is -4.31. The molecule has 0 spiro atoms. The third kappa shape index (κ3) is 5.84. The number of esters is 3. The number of nitrogens with zero attached hydrogens (tertiary/aromatic N) is 3. The van der Waals surface area contributed by atoms with Crippen LogP contribution >= 0.6 is 0 Å². The number of anilines is 1. The van der Waals surface area contributed by atoms with Gasteiger partial charge in [-0.3, -0.25) is 24.3 Å². The molecule has 3 heterocycles. The van der Waals surface area contributed by atoms with Crippen LogP contribution in [0.25, 0.3) is 21.8 Å². The summed E-state index contributed by atoms with van der Waals surface area (Å²) in [4.78, 5) is 42.1. The van der Waals surface area contributed by atoms with Crippen molar-refractivity contribution in [2.24, 2.45) is 12.8 Å². The van der Waals surface area contributed by atoms with E-state index in [1.807, 2.05) is 17.7 Å². The number of hydrogen-bond donors (Lipinski definition) is 2. The van der Waals surface area contributed by atoms with E-state index in [1.54, 1.807) is 61.5 Å². The van der Waals surface area contributed by atoms with Gasteiger partial charge in [-0.15, -0.1) is 0 Å². The monoisotopic (exact) mass is 683 g/mol. The second-order valence-electron chi connectivity index (χ2n) is 11.6. The predicted molar refractivity (Wildman–Crippen MR) is 181 cm³/mol. The summed E-state index contributed by atoms with van der Waals surface area (Å²) < 4.78 is 47.6. The van der Waals surface area contributed by atoms with Gasteiger partial charge in [0.1, 0.15) is 17.3 Å². The van der Waals surface area contributed by atoms with E-state index in [2.05, 4.69) is 4.98 Å². The lowest BCUT2D eigenvalue weighted by atomic mass is 9.90. The quantitative estimate of drug-likeness (QED) is 0.122. The highest BCUT2D eigenvalue weighted by Gasteiger charge is 2.48. The van der Waals surface area contributed by atoms with Gasteiger partial charge >= 0.3 is 17.9 Å². The molecule has 0 fully saturated rings. The van der Waals surface area contributed by atoms with E-state index in [0.29, 0.717) is 21.9 Å². The minimum absolute atomic E-state index is 0.0533.